The van der Waals surface area contributed by atoms with Crippen LogP contribution < -0.4 is 10.6 Å². The van der Waals surface area contributed by atoms with Crippen molar-refractivity contribution in [3.05, 3.63) is 18.0 Å². The van der Waals surface area contributed by atoms with Gasteiger partial charge in [0.1, 0.15) is 5.69 Å². The van der Waals surface area contributed by atoms with E-state index in [0.29, 0.717) is 32.1 Å². The van der Waals surface area contributed by atoms with Crippen LogP contribution in [-0.2, 0) is 15.7 Å². The summed E-state index contributed by atoms with van der Waals surface area (Å²) >= 11 is 0. The van der Waals surface area contributed by atoms with Crippen LogP contribution in [0, 0.1) is 11.8 Å². The third-order valence-electron chi connectivity index (χ3n) is 4.35. The normalized spacial score (nSPS) is 20.2. The maximum Gasteiger partial charge on any atom is 0.433 e. The molecule has 1 aromatic heterocycles. The molecular weight excluding hydrogens is 377 g/mol. The monoisotopic (exact) mass is 402 g/mol. The van der Waals surface area contributed by atoms with Gasteiger partial charge in [0.2, 0.25) is 5.95 Å². The second kappa shape index (κ2) is 9.56. The molecule has 0 aliphatic carbocycles. The summed E-state index contributed by atoms with van der Waals surface area (Å²) in [5.41, 5.74) is -0.998. The van der Waals surface area contributed by atoms with Gasteiger partial charge in [-0.2, -0.15) is 13.2 Å². The molecule has 2 N–H and O–H groups in total. The lowest BCUT2D eigenvalue weighted by atomic mass is 9.99. The SMILES string of the molecule is CCNC(=NCCNc1nccc(C(F)(F)F)n1)N1CC(C)C(C(=O)OC)C1. The Bertz CT molecular complexity index is 698. The summed E-state index contributed by atoms with van der Waals surface area (Å²) in [4.78, 5) is 25.5. The third kappa shape index (κ3) is 5.70. The Morgan fingerprint density at radius 2 is 2.18 bits per heavy atom. The Morgan fingerprint density at radius 1 is 1.43 bits per heavy atom. The number of hydrogen-bond donors (Lipinski definition) is 2. The molecule has 0 amide bonds. The van der Waals surface area contributed by atoms with Crippen LogP contribution >= 0.6 is 0 Å². The summed E-state index contributed by atoms with van der Waals surface area (Å²) in [6.07, 6.45) is -3.46. The molecule has 11 heteroatoms. The van der Waals surface area contributed by atoms with Crippen LogP contribution in [0.5, 0.6) is 0 Å². The molecule has 156 valence electrons. The highest BCUT2D eigenvalue weighted by molar-refractivity contribution is 5.82. The van der Waals surface area contributed by atoms with Crippen molar-refractivity contribution in [3.8, 4) is 0 Å². The highest BCUT2D eigenvalue weighted by Crippen LogP contribution is 2.27. The number of ether oxygens (including phenoxy) is 1. The zero-order valence-corrected chi connectivity index (χ0v) is 16.1. The van der Waals surface area contributed by atoms with E-state index in [0.717, 1.165) is 12.3 Å². The summed E-state index contributed by atoms with van der Waals surface area (Å²) in [6, 6.07) is 0.818. The number of carbonyl (C=O) groups is 1. The molecule has 8 nitrogen and oxygen atoms in total. The Kier molecular flexibility index (Phi) is 7.41. The average Bonchev–Trinajstić information content (AvgIpc) is 3.04. The molecular formula is C17H25F3N6O2. The van der Waals surface area contributed by atoms with E-state index in [-0.39, 0.29) is 30.3 Å². The van der Waals surface area contributed by atoms with Crippen molar-refractivity contribution in [2.75, 3.05) is 45.2 Å². The zero-order valence-electron chi connectivity index (χ0n) is 16.1. The van der Waals surface area contributed by atoms with Gasteiger partial charge < -0.3 is 20.3 Å². The molecule has 28 heavy (non-hydrogen) atoms. The second-order valence-corrected chi connectivity index (χ2v) is 6.44. The minimum atomic E-state index is -4.52. The fourth-order valence-corrected chi connectivity index (χ4v) is 2.96. The zero-order chi connectivity index (χ0) is 20.7. The summed E-state index contributed by atoms with van der Waals surface area (Å²) in [5.74, 6) is 0.218. The molecule has 0 spiro atoms. The lowest BCUT2D eigenvalue weighted by Crippen LogP contribution is -2.41. The van der Waals surface area contributed by atoms with Crippen LogP contribution in [0.3, 0.4) is 0 Å². The number of halogens is 3. The minimum Gasteiger partial charge on any atom is -0.469 e. The van der Waals surface area contributed by atoms with Crippen molar-refractivity contribution < 1.29 is 22.7 Å². The molecule has 1 aliphatic heterocycles. The Morgan fingerprint density at radius 3 is 2.82 bits per heavy atom. The van der Waals surface area contributed by atoms with E-state index < -0.39 is 11.9 Å². The number of nitrogens with zero attached hydrogens (tertiary/aromatic N) is 4. The summed E-state index contributed by atoms with van der Waals surface area (Å²) in [6.45, 7) is 6.30. The summed E-state index contributed by atoms with van der Waals surface area (Å²) in [7, 11) is 1.37. The Balaban J connectivity index is 1.94. The van der Waals surface area contributed by atoms with Gasteiger partial charge in [0.05, 0.1) is 19.6 Å². The van der Waals surface area contributed by atoms with E-state index >= 15 is 0 Å². The Hall–Kier alpha value is -2.59. The first-order chi connectivity index (χ1) is 13.3. The minimum absolute atomic E-state index is 0.101. The maximum absolute atomic E-state index is 12.7. The molecule has 2 atom stereocenters. The molecule has 0 saturated carbocycles. The second-order valence-electron chi connectivity index (χ2n) is 6.44. The van der Waals surface area contributed by atoms with Gasteiger partial charge in [-0.15, -0.1) is 0 Å². The predicted molar refractivity (Wildman–Crippen MR) is 97.7 cm³/mol. The van der Waals surface area contributed by atoms with Crippen LogP contribution in [0.2, 0.25) is 0 Å². The fraction of sp³-hybridized carbons (Fsp3) is 0.647. The quantitative estimate of drug-likeness (QED) is 0.323. The molecule has 0 aromatic carbocycles. The highest BCUT2D eigenvalue weighted by atomic mass is 19.4. The van der Waals surface area contributed by atoms with Crippen molar-refractivity contribution in [3.63, 3.8) is 0 Å². The standard InChI is InChI=1S/C17H25F3N6O2/c1-4-21-16(26-9-11(2)12(10-26)14(27)28-3)24-8-7-23-15-22-6-5-13(25-15)17(18,19)20/h5-6,11-12H,4,7-10H2,1-3H3,(H,21,24)(H,22,23,25). The number of alkyl halides is 3. The molecule has 0 radical (unpaired) electrons. The van der Waals surface area contributed by atoms with Crippen molar-refractivity contribution in [2.24, 2.45) is 16.8 Å². The number of hydrogen-bond acceptors (Lipinski definition) is 6. The van der Waals surface area contributed by atoms with Gasteiger partial charge >= 0.3 is 12.1 Å². The molecule has 2 heterocycles. The van der Waals surface area contributed by atoms with E-state index in [1.54, 1.807) is 0 Å². The van der Waals surface area contributed by atoms with Crippen molar-refractivity contribution in [1.29, 1.82) is 0 Å². The van der Waals surface area contributed by atoms with Gasteiger partial charge in [0, 0.05) is 32.4 Å². The lowest BCUT2D eigenvalue weighted by Gasteiger charge is -2.21. The first kappa shape index (κ1) is 21.7. The van der Waals surface area contributed by atoms with E-state index in [2.05, 4.69) is 25.6 Å². The fourth-order valence-electron chi connectivity index (χ4n) is 2.96. The molecule has 1 aliphatic rings. The van der Waals surface area contributed by atoms with Gasteiger partial charge in [-0.25, -0.2) is 9.97 Å². The third-order valence-corrected chi connectivity index (χ3v) is 4.35. The van der Waals surface area contributed by atoms with Crippen LogP contribution in [0.15, 0.2) is 17.3 Å². The van der Waals surface area contributed by atoms with Crippen molar-refractivity contribution >= 4 is 17.9 Å². The molecule has 2 unspecified atom stereocenters. The van der Waals surface area contributed by atoms with Crippen molar-refractivity contribution in [2.45, 2.75) is 20.0 Å². The number of esters is 1. The van der Waals surface area contributed by atoms with E-state index in [4.69, 9.17) is 4.74 Å². The van der Waals surface area contributed by atoms with Gasteiger partial charge in [0.15, 0.2) is 5.96 Å². The molecule has 1 saturated heterocycles. The van der Waals surface area contributed by atoms with Gasteiger partial charge in [-0.05, 0) is 18.9 Å². The Labute approximate surface area is 161 Å². The number of carbonyl (C=O) groups excluding carboxylic acids is 1. The number of anilines is 1. The smallest absolute Gasteiger partial charge is 0.433 e. The van der Waals surface area contributed by atoms with E-state index in [1.807, 2.05) is 18.7 Å². The molecule has 2 rings (SSSR count). The number of methoxy groups -OCH3 is 1. The van der Waals surface area contributed by atoms with Crippen LogP contribution in [0.1, 0.15) is 19.5 Å². The average molecular weight is 402 g/mol. The van der Waals surface area contributed by atoms with Crippen LogP contribution in [0.4, 0.5) is 19.1 Å². The molecule has 1 fully saturated rings. The predicted octanol–water partition coefficient (Wildman–Crippen LogP) is 1.61. The van der Waals surface area contributed by atoms with Crippen LogP contribution in [-0.4, -0.2) is 66.6 Å². The maximum atomic E-state index is 12.7. The lowest BCUT2D eigenvalue weighted by molar-refractivity contribution is -0.146. The number of likely N-dealkylation sites (tertiary alicyclic amines) is 1. The molecule has 1 aromatic rings. The van der Waals surface area contributed by atoms with Gasteiger partial charge in [-0.1, -0.05) is 6.92 Å². The molecule has 0 bridgehead atoms. The van der Waals surface area contributed by atoms with Crippen molar-refractivity contribution in [1.82, 2.24) is 20.2 Å². The topological polar surface area (TPSA) is 91.7 Å². The van der Waals surface area contributed by atoms with Gasteiger partial charge in [-0.3, -0.25) is 9.79 Å². The number of aliphatic imine (C=N–C) groups is 1. The largest absolute Gasteiger partial charge is 0.469 e. The number of rotatable bonds is 6. The highest BCUT2D eigenvalue weighted by Gasteiger charge is 2.37. The first-order valence-corrected chi connectivity index (χ1v) is 9.01. The first-order valence-electron chi connectivity index (χ1n) is 9.01. The number of guanidine groups is 1. The number of aromatic nitrogens is 2. The van der Waals surface area contributed by atoms with E-state index in [1.165, 1.54) is 7.11 Å². The summed E-state index contributed by atoms with van der Waals surface area (Å²) in [5, 5.41) is 5.91. The number of nitrogens with one attached hydrogen (secondary N) is 2. The van der Waals surface area contributed by atoms with Crippen LogP contribution in [0.25, 0.3) is 0 Å². The summed E-state index contributed by atoms with van der Waals surface area (Å²) < 4.78 is 42.9. The van der Waals surface area contributed by atoms with Gasteiger partial charge in [0.25, 0.3) is 0 Å². The van der Waals surface area contributed by atoms with E-state index in [9.17, 15) is 18.0 Å².